The molecule has 0 saturated carbocycles. The molecular weight excluding hydrogens is 240 g/mol. The Bertz CT molecular complexity index is 489. The minimum absolute atomic E-state index is 0.0654. The van der Waals surface area contributed by atoms with E-state index >= 15 is 0 Å². The Morgan fingerprint density at radius 2 is 2.00 bits per heavy atom. The first-order valence-electron chi connectivity index (χ1n) is 5.53. The minimum Gasteiger partial charge on any atom is -0.315 e. The molecule has 1 aliphatic heterocycles. The van der Waals surface area contributed by atoms with Crippen LogP contribution in [0.3, 0.4) is 0 Å². The molecule has 1 aliphatic rings. The molecule has 2 N–H and O–H groups in total. The molecule has 0 aliphatic carbocycles. The molecule has 0 aromatic carbocycles. The number of sulfonamides is 1. The van der Waals surface area contributed by atoms with Gasteiger partial charge in [-0.2, -0.15) is 0 Å². The Balaban J connectivity index is 2.24. The Labute approximate surface area is 101 Å². The molecule has 1 saturated heterocycles. The van der Waals surface area contributed by atoms with Crippen molar-refractivity contribution in [3.05, 3.63) is 17.5 Å². The van der Waals surface area contributed by atoms with Gasteiger partial charge in [0, 0.05) is 24.0 Å². The van der Waals surface area contributed by atoms with Gasteiger partial charge < -0.3 is 5.32 Å². The van der Waals surface area contributed by atoms with Crippen LogP contribution in [-0.2, 0) is 10.0 Å². The van der Waals surface area contributed by atoms with Crippen molar-refractivity contribution in [2.45, 2.75) is 31.5 Å². The molecular formula is C10H16N4O2S. The predicted molar refractivity (Wildman–Crippen MR) is 63.1 cm³/mol. The van der Waals surface area contributed by atoms with Crippen LogP contribution in [0, 0.1) is 13.8 Å². The molecule has 0 spiro atoms. The lowest BCUT2D eigenvalue weighted by atomic mass is 10.3. The summed E-state index contributed by atoms with van der Waals surface area (Å²) in [6.45, 7) is 5.00. The topological polar surface area (TPSA) is 84.0 Å². The molecule has 2 rings (SSSR count). The lowest BCUT2D eigenvalue weighted by Crippen LogP contribution is -2.37. The first-order chi connectivity index (χ1) is 7.97. The van der Waals surface area contributed by atoms with Crippen molar-refractivity contribution < 1.29 is 8.42 Å². The smallest absolute Gasteiger partial charge is 0.276 e. The third kappa shape index (κ3) is 2.99. The number of nitrogens with zero attached hydrogens (tertiary/aromatic N) is 2. The monoisotopic (exact) mass is 256 g/mol. The minimum atomic E-state index is -3.60. The van der Waals surface area contributed by atoms with E-state index in [4.69, 9.17) is 0 Å². The number of hydrogen-bond acceptors (Lipinski definition) is 5. The fourth-order valence-electron chi connectivity index (χ4n) is 1.84. The Morgan fingerprint density at radius 1 is 1.35 bits per heavy atom. The summed E-state index contributed by atoms with van der Waals surface area (Å²) >= 11 is 0. The lowest BCUT2D eigenvalue weighted by Gasteiger charge is -2.11. The Morgan fingerprint density at radius 3 is 2.53 bits per heavy atom. The Kier molecular flexibility index (Phi) is 3.41. The van der Waals surface area contributed by atoms with Crippen LogP contribution >= 0.6 is 0 Å². The van der Waals surface area contributed by atoms with Crippen molar-refractivity contribution in [2.75, 3.05) is 13.1 Å². The molecule has 0 radical (unpaired) electrons. The van der Waals surface area contributed by atoms with Gasteiger partial charge in [0.25, 0.3) is 15.2 Å². The molecule has 1 aromatic heterocycles. The van der Waals surface area contributed by atoms with E-state index in [1.807, 2.05) is 0 Å². The standard InChI is InChI=1S/C10H16N4O2S/c1-7-5-8(2)13-10(12-7)17(15,16)14-9-3-4-11-6-9/h5,9,11,14H,3-4,6H2,1-2H3/t9-/m0/s1. The van der Waals surface area contributed by atoms with Crippen LogP contribution in [0.1, 0.15) is 17.8 Å². The average Bonchev–Trinajstić information content (AvgIpc) is 2.68. The first-order valence-corrected chi connectivity index (χ1v) is 7.01. The highest BCUT2D eigenvalue weighted by molar-refractivity contribution is 7.89. The summed E-state index contributed by atoms with van der Waals surface area (Å²) in [5, 5.41) is 2.96. The van der Waals surface area contributed by atoms with Gasteiger partial charge in [-0.05, 0) is 32.9 Å². The number of aryl methyl sites for hydroxylation is 2. The van der Waals surface area contributed by atoms with Gasteiger partial charge in [0.15, 0.2) is 0 Å². The van der Waals surface area contributed by atoms with Crippen molar-refractivity contribution in [2.24, 2.45) is 0 Å². The van der Waals surface area contributed by atoms with Crippen LogP contribution in [0.5, 0.6) is 0 Å². The summed E-state index contributed by atoms with van der Waals surface area (Å²) < 4.78 is 26.7. The van der Waals surface area contributed by atoms with E-state index < -0.39 is 10.0 Å². The maximum Gasteiger partial charge on any atom is 0.276 e. The van der Waals surface area contributed by atoms with Gasteiger partial charge >= 0.3 is 0 Å². The van der Waals surface area contributed by atoms with Crippen LogP contribution in [0.25, 0.3) is 0 Å². The summed E-state index contributed by atoms with van der Waals surface area (Å²) in [4.78, 5) is 7.93. The SMILES string of the molecule is Cc1cc(C)nc(S(=O)(=O)N[C@H]2CCNC2)n1. The third-order valence-electron chi connectivity index (χ3n) is 2.58. The summed E-state index contributed by atoms with van der Waals surface area (Å²) in [7, 11) is -3.60. The number of hydrogen-bond donors (Lipinski definition) is 2. The lowest BCUT2D eigenvalue weighted by molar-refractivity contribution is 0.550. The average molecular weight is 256 g/mol. The predicted octanol–water partition coefficient (Wildman–Crippen LogP) is -0.266. The highest BCUT2D eigenvalue weighted by atomic mass is 32.2. The van der Waals surface area contributed by atoms with Crippen molar-refractivity contribution in [3.8, 4) is 0 Å². The van der Waals surface area contributed by atoms with E-state index in [2.05, 4.69) is 20.0 Å². The molecule has 2 heterocycles. The molecule has 1 atom stereocenters. The van der Waals surface area contributed by atoms with Crippen LogP contribution in [-0.4, -0.2) is 37.5 Å². The van der Waals surface area contributed by atoms with E-state index in [1.54, 1.807) is 19.9 Å². The van der Waals surface area contributed by atoms with Crippen LogP contribution in [0.2, 0.25) is 0 Å². The van der Waals surface area contributed by atoms with Gasteiger partial charge in [-0.25, -0.2) is 23.1 Å². The third-order valence-corrected chi connectivity index (χ3v) is 3.89. The van der Waals surface area contributed by atoms with Crippen LogP contribution in [0.4, 0.5) is 0 Å². The molecule has 0 amide bonds. The molecule has 17 heavy (non-hydrogen) atoms. The van der Waals surface area contributed by atoms with Gasteiger partial charge in [0.1, 0.15) is 0 Å². The normalized spacial score (nSPS) is 20.7. The highest BCUT2D eigenvalue weighted by Gasteiger charge is 2.25. The molecule has 7 heteroatoms. The number of nitrogens with one attached hydrogen (secondary N) is 2. The summed E-state index contributed by atoms with van der Waals surface area (Å²) in [6.07, 6.45) is 0.796. The van der Waals surface area contributed by atoms with Crippen molar-refractivity contribution in [1.82, 2.24) is 20.0 Å². The van der Waals surface area contributed by atoms with Crippen molar-refractivity contribution in [1.29, 1.82) is 0 Å². The molecule has 1 fully saturated rings. The summed E-state index contributed by atoms with van der Waals surface area (Å²) in [5.74, 6) is 0. The molecule has 0 bridgehead atoms. The second kappa shape index (κ2) is 4.67. The molecule has 1 aromatic rings. The number of aromatic nitrogens is 2. The summed E-state index contributed by atoms with van der Waals surface area (Å²) in [5.41, 5.74) is 1.31. The largest absolute Gasteiger partial charge is 0.315 e. The maximum atomic E-state index is 12.0. The quantitative estimate of drug-likeness (QED) is 0.728. The second-order valence-corrected chi connectivity index (χ2v) is 5.85. The zero-order valence-electron chi connectivity index (χ0n) is 9.90. The number of rotatable bonds is 3. The van der Waals surface area contributed by atoms with Gasteiger partial charge in [0.05, 0.1) is 0 Å². The fourth-order valence-corrected chi connectivity index (χ4v) is 3.11. The zero-order chi connectivity index (χ0) is 12.5. The van der Waals surface area contributed by atoms with Crippen molar-refractivity contribution >= 4 is 10.0 Å². The van der Waals surface area contributed by atoms with Gasteiger partial charge in [-0.3, -0.25) is 0 Å². The van der Waals surface area contributed by atoms with E-state index in [9.17, 15) is 8.42 Å². The maximum absolute atomic E-state index is 12.0. The Hall–Kier alpha value is -1.05. The highest BCUT2D eigenvalue weighted by Crippen LogP contribution is 2.08. The second-order valence-electron chi connectivity index (χ2n) is 4.24. The van der Waals surface area contributed by atoms with Gasteiger partial charge in [-0.1, -0.05) is 0 Å². The van der Waals surface area contributed by atoms with Gasteiger partial charge in [0.2, 0.25) is 0 Å². The molecule has 6 nitrogen and oxygen atoms in total. The van der Waals surface area contributed by atoms with Crippen molar-refractivity contribution in [3.63, 3.8) is 0 Å². The fraction of sp³-hybridized carbons (Fsp3) is 0.600. The van der Waals surface area contributed by atoms with Crippen LogP contribution < -0.4 is 10.0 Å². The van der Waals surface area contributed by atoms with E-state index in [0.717, 1.165) is 13.0 Å². The van der Waals surface area contributed by atoms with E-state index in [0.29, 0.717) is 17.9 Å². The summed E-state index contributed by atoms with van der Waals surface area (Å²) in [6, 6.07) is 1.68. The zero-order valence-corrected chi connectivity index (χ0v) is 10.7. The van der Waals surface area contributed by atoms with Crippen LogP contribution in [0.15, 0.2) is 11.2 Å². The van der Waals surface area contributed by atoms with E-state index in [-0.39, 0.29) is 11.2 Å². The van der Waals surface area contributed by atoms with E-state index in [1.165, 1.54) is 0 Å². The first kappa shape index (κ1) is 12.4. The van der Waals surface area contributed by atoms with Gasteiger partial charge in [-0.15, -0.1) is 0 Å². The molecule has 0 unspecified atom stereocenters. The molecule has 94 valence electrons.